The average Bonchev–Trinajstić information content (AvgIpc) is 2.58. The lowest BCUT2D eigenvalue weighted by molar-refractivity contribution is 0.0713. The molecule has 1 heteroatoms. The summed E-state index contributed by atoms with van der Waals surface area (Å²) >= 11 is 0. The van der Waals surface area contributed by atoms with E-state index in [2.05, 4.69) is 39.5 Å². The van der Waals surface area contributed by atoms with Gasteiger partial charge in [-0.1, -0.05) is 13.8 Å². The standard InChI is InChI=1S/C12H23N/c1-8(2)10-6-9-7-11(9)13(10)12(3,4)5/h8-11H,6-7H2,1-5H3. The number of fused-ring (bicyclic) bond motifs is 1. The molecule has 1 heterocycles. The minimum atomic E-state index is 0.380. The molecule has 0 bridgehead atoms. The second-order valence-corrected chi connectivity index (χ2v) is 6.19. The smallest absolute Gasteiger partial charge is 0.0136 e. The van der Waals surface area contributed by atoms with Crippen molar-refractivity contribution in [3.8, 4) is 0 Å². The van der Waals surface area contributed by atoms with Gasteiger partial charge in [-0.2, -0.15) is 0 Å². The highest BCUT2D eigenvalue weighted by molar-refractivity contribution is 5.09. The summed E-state index contributed by atoms with van der Waals surface area (Å²) in [5, 5.41) is 0. The number of hydrogen-bond donors (Lipinski definition) is 0. The predicted molar refractivity (Wildman–Crippen MR) is 56.7 cm³/mol. The van der Waals surface area contributed by atoms with Gasteiger partial charge in [-0.15, -0.1) is 0 Å². The van der Waals surface area contributed by atoms with Crippen LogP contribution in [0, 0.1) is 11.8 Å². The van der Waals surface area contributed by atoms with E-state index in [0.29, 0.717) is 5.54 Å². The Bertz CT molecular complexity index is 202. The van der Waals surface area contributed by atoms with Crippen molar-refractivity contribution < 1.29 is 0 Å². The average molecular weight is 181 g/mol. The maximum absolute atomic E-state index is 2.78. The van der Waals surface area contributed by atoms with Crippen LogP contribution in [-0.4, -0.2) is 22.5 Å². The first-order valence-corrected chi connectivity index (χ1v) is 5.69. The predicted octanol–water partition coefficient (Wildman–Crippen LogP) is 2.90. The number of likely N-dealkylation sites (tertiary alicyclic amines) is 1. The molecule has 76 valence electrons. The fourth-order valence-corrected chi connectivity index (χ4v) is 3.08. The summed E-state index contributed by atoms with van der Waals surface area (Å²) in [4.78, 5) is 2.78. The van der Waals surface area contributed by atoms with Crippen molar-refractivity contribution in [3.05, 3.63) is 0 Å². The van der Waals surface area contributed by atoms with Gasteiger partial charge < -0.3 is 0 Å². The molecule has 1 aliphatic heterocycles. The Morgan fingerprint density at radius 1 is 1.15 bits per heavy atom. The van der Waals surface area contributed by atoms with Crippen LogP contribution in [0.5, 0.6) is 0 Å². The van der Waals surface area contributed by atoms with Gasteiger partial charge in [0.1, 0.15) is 0 Å². The molecule has 0 amide bonds. The minimum Gasteiger partial charge on any atom is -0.292 e. The molecule has 2 fully saturated rings. The van der Waals surface area contributed by atoms with E-state index in [9.17, 15) is 0 Å². The zero-order valence-corrected chi connectivity index (χ0v) is 9.67. The molecule has 0 N–H and O–H groups in total. The highest BCUT2D eigenvalue weighted by Crippen LogP contribution is 2.52. The Morgan fingerprint density at radius 3 is 2.15 bits per heavy atom. The molecule has 0 aromatic rings. The van der Waals surface area contributed by atoms with Crippen LogP contribution in [-0.2, 0) is 0 Å². The van der Waals surface area contributed by atoms with Gasteiger partial charge in [-0.05, 0) is 45.4 Å². The van der Waals surface area contributed by atoms with Crippen molar-refractivity contribution in [2.45, 2.75) is 65.1 Å². The van der Waals surface area contributed by atoms with Gasteiger partial charge in [0.05, 0.1) is 0 Å². The van der Waals surface area contributed by atoms with E-state index in [4.69, 9.17) is 0 Å². The van der Waals surface area contributed by atoms with Crippen LogP contribution < -0.4 is 0 Å². The second-order valence-electron chi connectivity index (χ2n) is 6.19. The van der Waals surface area contributed by atoms with E-state index in [1.54, 1.807) is 0 Å². The molecule has 2 aliphatic rings. The SMILES string of the molecule is CC(C)C1CC2CC2N1C(C)(C)C. The summed E-state index contributed by atoms with van der Waals surface area (Å²) in [6, 6.07) is 1.79. The van der Waals surface area contributed by atoms with E-state index < -0.39 is 0 Å². The summed E-state index contributed by atoms with van der Waals surface area (Å²) in [7, 11) is 0. The van der Waals surface area contributed by atoms with Crippen LogP contribution in [0.2, 0.25) is 0 Å². The molecule has 0 aromatic carbocycles. The lowest BCUT2D eigenvalue weighted by Gasteiger charge is -2.41. The highest BCUT2D eigenvalue weighted by atomic mass is 15.3. The van der Waals surface area contributed by atoms with Gasteiger partial charge in [-0.25, -0.2) is 0 Å². The van der Waals surface area contributed by atoms with Crippen LogP contribution in [0.1, 0.15) is 47.5 Å². The Labute approximate surface area is 82.5 Å². The summed E-state index contributed by atoms with van der Waals surface area (Å²) in [6.45, 7) is 11.8. The Kier molecular flexibility index (Phi) is 1.99. The van der Waals surface area contributed by atoms with Crippen LogP contribution >= 0.6 is 0 Å². The van der Waals surface area contributed by atoms with Crippen molar-refractivity contribution in [2.24, 2.45) is 11.8 Å². The molecule has 13 heavy (non-hydrogen) atoms. The zero-order valence-electron chi connectivity index (χ0n) is 9.67. The maximum atomic E-state index is 2.78. The van der Waals surface area contributed by atoms with Crippen molar-refractivity contribution in [1.82, 2.24) is 4.90 Å². The molecule has 0 spiro atoms. The third-order valence-corrected chi connectivity index (χ3v) is 3.69. The summed E-state index contributed by atoms with van der Waals surface area (Å²) in [5.41, 5.74) is 0.380. The van der Waals surface area contributed by atoms with E-state index in [1.807, 2.05) is 0 Å². The molecule has 0 radical (unpaired) electrons. The molecule has 0 aromatic heterocycles. The van der Waals surface area contributed by atoms with Crippen LogP contribution in [0.4, 0.5) is 0 Å². The molecular formula is C12H23N. The Morgan fingerprint density at radius 2 is 1.77 bits per heavy atom. The van der Waals surface area contributed by atoms with Gasteiger partial charge in [0.25, 0.3) is 0 Å². The number of piperidine rings is 1. The lowest BCUT2D eigenvalue weighted by Crippen LogP contribution is -2.48. The molecule has 1 aliphatic carbocycles. The first-order valence-electron chi connectivity index (χ1n) is 5.69. The van der Waals surface area contributed by atoms with E-state index in [1.165, 1.54) is 12.8 Å². The fraction of sp³-hybridized carbons (Fsp3) is 1.00. The van der Waals surface area contributed by atoms with Gasteiger partial charge in [0.15, 0.2) is 0 Å². The van der Waals surface area contributed by atoms with Gasteiger partial charge in [0.2, 0.25) is 0 Å². The summed E-state index contributed by atoms with van der Waals surface area (Å²) in [5.74, 6) is 1.87. The largest absolute Gasteiger partial charge is 0.292 e. The van der Waals surface area contributed by atoms with Crippen LogP contribution in [0.25, 0.3) is 0 Å². The second kappa shape index (κ2) is 2.73. The van der Waals surface area contributed by atoms with E-state index >= 15 is 0 Å². The Balaban J connectivity index is 2.14. The lowest BCUT2D eigenvalue weighted by atomic mass is 9.95. The molecule has 3 unspecified atom stereocenters. The molecule has 1 nitrogen and oxygen atoms in total. The number of nitrogens with zero attached hydrogens (tertiary/aromatic N) is 1. The third-order valence-electron chi connectivity index (χ3n) is 3.69. The number of hydrogen-bond acceptors (Lipinski definition) is 1. The van der Waals surface area contributed by atoms with Crippen molar-refractivity contribution in [3.63, 3.8) is 0 Å². The molecule has 3 atom stereocenters. The topological polar surface area (TPSA) is 3.24 Å². The third kappa shape index (κ3) is 1.52. The zero-order chi connectivity index (χ0) is 9.80. The highest BCUT2D eigenvalue weighted by Gasteiger charge is 2.55. The van der Waals surface area contributed by atoms with Crippen LogP contribution in [0.3, 0.4) is 0 Å². The molecule has 1 saturated carbocycles. The van der Waals surface area contributed by atoms with Gasteiger partial charge in [-0.3, -0.25) is 4.90 Å². The fourth-order valence-electron chi connectivity index (χ4n) is 3.08. The Hall–Kier alpha value is -0.0400. The maximum Gasteiger partial charge on any atom is 0.0136 e. The van der Waals surface area contributed by atoms with Gasteiger partial charge in [0, 0.05) is 17.6 Å². The van der Waals surface area contributed by atoms with Crippen molar-refractivity contribution in [2.75, 3.05) is 0 Å². The summed E-state index contributed by atoms with van der Waals surface area (Å²) < 4.78 is 0. The van der Waals surface area contributed by atoms with Crippen molar-refractivity contribution in [1.29, 1.82) is 0 Å². The van der Waals surface area contributed by atoms with Gasteiger partial charge >= 0.3 is 0 Å². The first-order chi connectivity index (χ1) is 5.91. The first kappa shape index (κ1) is 9.51. The quantitative estimate of drug-likeness (QED) is 0.601. The minimum absolute atomic E-state index is 0.380. The molecule has 1 saturated heterocycles. The summed E-state index contributed by atoms with van der Waals surface area (Å²) in [6.07, 6.45) is 2.93. The normalized spacial score (nSPS) is 39.7. The molecule has 2 rings (SSSR count). The van der Waals surface area contributed by atoms with Crippen LogP contribution in [0.15, 0.2) is 0 Å². The van der Waals surface area contributed by atoms with E-state index in [-0.39, 0.29) is 0 Å². The monoisotopic (exact) mass is 181 g/mol. The number of rotatable bonds is 1. The molecular weight excluding hydrogens is 158 g/mol. The van der Waals surface area contributed by atoms with E-state index in [0.717, 1.165) is 23.9 Å². The van der Waals surface area contributed by atoms with Crippen molar-refractivity contribution >= 4 is 0 Å².